The van der Waals surface area contributed by atoms with E-state index in [2.05, 4.69) is 17.9 Å². The van der Waals surface area contributed by atoms with Crippen LogP contribution in [0.15, 0.2) is 0 Å². The molecule has 0 aliphatic carbocycles. The minimum Gasteiger partial charge on any atom is -0.369 e. The first-order valence-corrected chi connectivity index (χ1v) is 6.73. The van der Waals surface area contributed by atoms with Crippen molar-refractivity contribution < 1.29 is 14.3 Å². The Morgan fingerprint density at radius 2 is 2.17 bits per heavy atom. The maximum Gasteiger partial charge on any atom is 0.246 e. The van der Waals surface area contributed by atoms with Gasteiger partial charge in [-0.05, 0) is 20.8 Å². The monoisotopic (exact) mass is 274 g/mol. The molecular formula is C12H22N2O3S. The molecule has 0 aromatic heterocycles. The summed E-state index contributed by atoms with van der Waals surface area (Å²) in [5.41, 5.74) is -0.356. The zero-order chi connectivity index (χ0) is 13.9. The van der Waals surface area contributed by atoms with Crippen LogP contribution in [0.1, 0.15) is 27.7 Å². The number of hydrogen-bond donors (Lipinski definition) is 2. The average molecular weight is 274 g/mol. The molecule has 18 heavy (non-hydrogen) atoms. The highest BCUT2D eigenvalue weighted by atomic mass is 32.1. The molecule has 1 aliphatic heterocycles. The Morgan fingerprint density at radius 1 is 1.56 bits per heavy atom. The quantitative estimate of drug-likeness (QED) is 0.735. The van der Waals surface area contributed by atoms with Gasteiger partial charge in [0.05, 0.1) is 11.7 Å². The second-order valence-corrected chi connectivity index (χ2v) is 5.71. The van der Waals surface area contributed by atoms with Crippen LogP contribution >= 0.6 is 12.6 Å². The summed E-state index contributed by atoms with van der Waals surface area (Å²) in [5, 5.41) is 2.62. The van der Waals surface area contributed by atoms with Crippen LogP contribution < -0.4 is 5.32 Å². The minimum atomic E-state index is -0.563. The molecule has 0 aromatic rings. The molecule has 6 heteroatoms. The van der Waals surface area contributed by atoms with Crippen molar-refractivity contribution in [2.24, 2.45) is 0 Å². The first-order chi connectivity index (χ1) is 8.25. The van der Waals surface area contributed by atoms with Gasteiger partial charge in [0.2, 0.25) is 11.8 Å². The molecule has 1 heterocycles. The van der Waals surface area contributed by atoms with Crippen molar-refractivity contribution in [3.05, 3.63) is 0 Å². The van der Waals surface area contributed by atoms with Crippen LogP contribution in [0, 0.1) is 0 Å². The molecule has 0 spiro atoms. The van der Waals surface area contributed by atoms with Gasteiger partial charge in [0, 0.05) is 25.8 Å². The van der Waals surface area contributed by atoms with Crippen molar-refractivity contribution in [3.8, 4) is 0 Å². The highest BCUT2D eigenvalue weighted by Gasteiger charge is 2.35. The maximum absolute atomic E-state index is 12.3. The van der Waals surface area contributed by atoms with Crippen molar-refractivity contribution >= 4 is 24.4 Å². The first kappa shape index (κ1) is 15.3. The number of ether oxygens (including phenoxy) is 1. The summed E-state index contributed by atoms with van der Waals surface area (Å²) in [6, 6.07) is -0.563. The van der Waals surface area contributed by atoms with Crippen LogP contribution in [0.5, 0.6) is 0 Å². The lowest BCUT2D eigenvalue weighted by Gasteiger charge is -2.42. The van der Waals surface area contributed by atoms with E-state index in [0.717, 1.165) is 0 Å². The topological polar surface area (TPSA) is 58.6 Å². The van der Waals surface area contributed by atoms with Gasteiger partial charge in [0.15, 0.2) is 0 Å². The van der Waals surface area contributed by atoms with Gasteiger partial charge in [-0.1, -0.05) is 0 Å². The maximum atomic E-state index is 12.3. The standard InChI is InChI=1S/C12H22N2O3S/c1-8-5-14(7-12(3,4)17-8)11(16)10(6-18)13-9(2)15/h8,10,18H,5-7H2,1-4H3,(H,13,15). The van der Waals surface area contributed by atoms with Gasteiger partial charge < -0.3 is 15.0 Å². The van der Waals surface area contributed by atoms with Crippen molar-refractivity contribution in [2.45, 2.75) is 45.4 Å². The second kappa shape index (κ2) is 5.93. The molecule has 2 amide bonds. The van der Waals surface area contributed by atoms with Gasteiger partial charge in [-0.15, -0.1) is 0 Å². The lowest BCUT2D eigenvalue weighted by molar-refractivity contribution is -0.159. The van der Waals surface area contributed by atoms with E-state index in [1.165, 1.54) is 6.92 Å². The summed E-state index contributed by atoms with van der Waals surface area (Å²) in [7, 11) is 0. The summed E-state index contributed by atoms with van der Waals surface area (Å²) in [6.45, 7) is 8.32. The van der Waals surface area contributed by atoms with E-state index in [-0.39, 0.29) is 23.5 Å². The van der Waals surface area contributed by atoms with E-state index in [1.54, 1.807) is 4.90 Å². The number of rotatable bonds is 3. The lowest BCUT2D eigenvalue weighted by Crippen LogP contribution is -2.58. The van der Waals surface area contributed by atoms with Gasteiger partial charge >= 0.3 is 0 Å². The number of nitrogens with zero attached hydrogens (tertiary/aromatic N) is 1. The molecular weight excluding hydrogens is 252 g/mol. The van der Waals surface area contributed by atoms with Gasteiger partial charge in [-0.25, -0.2) is 0 Å². The van der Waals surface area contributed by atoms with Crippen molar-refractivity contribution in [2.75, 3.05) is 18.8 Å². The van der Waals surface area contributed by atoms with E-state index in [0.29, 0.717) is 18.8 Å². The minimum absolute atomic E-state index is 0.00408. The molecule has 2 unspecified atom stereocenters. The molecule has 5 nitrogen and oxygen atoms in total. The van der Waals surface area contributed by atoms with E-state index in [1.807, 2.05) is 20.8 Å². The number of hydrogen-bond acceptors (Lipinski definition) is 4. The Balaban J connectivity index is 2.72. The fourth-order valence-electron chi connectivity index (χ4n) is 2.27. The predicted octanol–water partition coefficient (Wildman–Crippen LogP) is 0.447. The highest BCUT2D eigenvalue weighted by molar-refractivity contribution is 7.80. The van der Waals surface area contributed by atoms with Crippen LogP contribution in [0.3, 0.4) is 0 Å². The van der Waals surface area contributed by atoms with Gasteiger partial charge in [0.25, 0.3) is 0 Å². The number of thiol groups is 1. The number of carbonyl (C=O) groups excluding carboxylic acids is 2. The predicted molar refractivity (Wildman–Crippen MR) is 72.7 cm³/mol. The molecule has 1 N–H and O–H groups in total. The Hall–Kier alpha value is -0.750. The van der Waals surface area contributed by atoms with Crippen molar-refractivity contribution in [1.82, 2.24) is 10.2 Å². The molecule has 104 valence electrons. The second-order valence-electron chi connectivity index (χ2n) is 5.34. The fraction of sp³-hybridized carbons (Fsp3) is 0.833. The smallest absolute Gasteiger partial charge is 0.246 e. The van der Waals surface area contributed by atoms with Crippen LogP contribution in [0.2, 0.25) is 0 Å². The summed E-state index contributed by atoms with van der Waals surface area (Å²) in [5.74, 6) is -0.0173. The van der Waals surface area contributed by atoms with Gasteiger partial charge in [0.1, 0.15) is 6.04 Å². The molecule has 2 atom stereocenters. The SMILES string of the molecule is CC(=O)NC(CS)C(=O)N1CC(C)OC(C)(C)C1. The summed E-state index contributed by atoms with van der Waals surface area (Å²) in [6.07, 6.45) is -0.00408. The summed E-state index contributed by atoms with van der Waals surface area (Å²) < 4.78 is 5.75. The third-order valence-corrected chi connectivity index (χ3v) is 3.10. The highest BCUT2D eigenvalue weighted by Crippen LogP contribution is 2.21. The Bertz CT molecular complexity index is 333. The summed E-state index contributed by atoms with van der Waals surface area (Å²) >= 11 is 4.12. The van der Waals surface area contributed by atoms with E-state index in [9.17, 15) is 9.59 Å². The van der Waals surface area contributed by atoms with E-state index < -0.39 is 6.04 Å². The fourth-order valence-corrected chi connectivity index (χ4v) is 2.52. The van der Waals surface area contributed by atoms with Crippen molar-refractivity contribution in [3.63, 3.8) is 0 Å². The first-order valence-electron chi connectivity index (χ1n) is 6.10. The molecule has 0 saturated carbocycles. The third-order valence-electron chi connectivity index (χ3n) is 2.74. The van der Waals surface area contributed by atoms with Crippen LogP contribution in [-0.2, 0) is 14.3 Å². The molecule has 0 aromatic carbocycles. The number of morpholine rings is 1. The molecule has 1 rings (SSSR count). The molecule has 1 saturated heterocycles. The lowest BCUT2D eigenvalue weighted by atomic mass is 10.0. The zero-order valence-corrected chi connectivity index (χ0v) is 12.3. The van der Waals surface area contributed by atoms with Gasteiger partial charge in [-0.3, -0.25) is 9.59 Å². The molecule has 0 bridgehead atoms. The average Bonchev–Trinajstić information content (AvgIpc) is 2.21. The summed E-state index contributed by atoms with van der Waals surface area (Å²) in [4.78, 5) is 25.1. The molecule has 1 fully saturated rings. The third kappa shape index (κ3) is 4.17. The zero-order valence-electron chi connectivity index (χ0n) is 11.4. The Labute approximate surface area is 114 Å². The van der Waals surface area contributed by atoms with Crippen LogP contribution in [0.25, 0.3) is 0 Å². The number of carbonyl (C=O) groups is 2. The van der Waals surface area contributed by atoms with Gasteiger partial charge in [-0.2, -0.15) is 12.6 Å². The van der Waals surface area contributed by atoms with Crippen molar-refractivity contribution in [1.29, 1.82) is 0 Å². The van der Waals surface area contributed by atoms with Crippen LogP contribution in [-0.4, -0.2) is 53.3 Å². The largest absolute Gasteiger partial charge is 0.369 e. The van der Waals surface area contributed by atoms with Crippen LogP contribution in [0.4, 0.5) is 0 Å². The Morgan fingerprint density at radius 3 is 2.61 bits per heavy atom. The number of amides is 2. The number of nitrogens with one attached hydrogen (secondary N) is 1. The molecule has 1 aliphatic rings. The molecule has 0 radical (unpaired) electrons. The normalized spacial score (nSPS) is 24.5. The van der Waals surface area contributed by atoms with E-state index >= 15 is 0 Å². The Kier molecular flexibility index (Phi) is 5.04. The van der Waals surface area contributed by atoms with E-state index in [4.69, 9.17) is 4.74 Å².